The molecule has 0 atom stereocenters. The van der Waals surface area contributed by atoms with Gasteiger partial charge in [-0.05, 0) is 12.1 Å². The normalized spacial score (nSPS) is 20.2. The minimum absolute atomic E-state index is 0.212. The summed E-state index contributed by atoms with van der Waals surface area (Å²) >= 11 is 6.00. The number of aromatic nitrogens is 2. The zero-order valence-corrected chi connectivity index (χ0v) is 12.9. The molecule has 118 valence electrons. The maximum Gasteiger partial charge on any atom is 0.276 e. The fourth-order valence-electron chi connectivity index (χ4n) is 2.65. The second-order valence-corrected chi connectivity index (χ2v) is 5.75. The van der Waals surface area contributed by atoms with Gasteiger partial charge in [-0.15, -0.1) is 0 Å². The maximum absolute atomic E-state index is 12.2. The predicted octanol–water partition coefficient (Wildman–Crippen LogP) is 1.38. The van der Waals surface area contributed by atoms with Crippen molar-refractivity contribution in [1.29, 1.82) is 0 Å². The summed E-state index contributed by atoms with van der Waals surface area (Å²) in [4.78, 5) is 25.8. The van der Waals surface area contributed by atoms with Crippen molar-refractivity contribution in [3.63, 3.8) is 0 Å². The number of rotatable bonds is 1. The number of nitrogens with zero attached hydrogens (tertiary/aromatic N) is 3. The molecule has 0 spiro atoms. The number of amides is 1. The quantitative estimate of drug-likeness (QED) is 0.773. The number of nitrogens with one attached hydrogen (secondary N) is 2. The van der Waals surface area contributed by atoms with Gasteiger partial charge in [0.25, 0.3) is 5.91 Å². The third-order valence-electron chi connectivity index (χ3n) is 3.82. The number of carbonyl (C=O) groups is 1. The molecule has 0 unspecified atom stereocenters. The average molecular weight is 332 g/mol. The monoisotopic (exact) mass is 331 g/mol. The van der Waals surface area contributed by atoms with Crippen LogP contribution in [0.5, 0.6) is 0 Å². The smallest absolute Gasteiger partial charge is 0.276 e. The van der Waals surface area contributed by atoms with Crippen LogP contribution in [-0.4, -0.2) is 53.0 Å². The number of guanidine groups is 1. The first kappa shape index (κ1) is 14.2. The Labute approximate surface area is 137 Å². The maximum atomic E-state index is 12.2. The van der Waals surface area contributed by atoms with Crippen LogP contribution < -0.4 is 5.32 Å². The number of aromatic amines is 1. The van der Waals surface area contributed by atoms with Crippen LogP contribution in [0.15, 0.2) is 29.1 Å². The summed E-state index contributed by atoms with van der Waals surface area (Å²) in [6, 6.07) is 1.81. The minimum Gasteiger partial charge on any atom is -0.378 e. The van der Waals surface area contributed by atoms with Gasteiger partial charge >= 0.3 is 0 Å². The van der Waals surface area contributed by atoms with E-state index in [1.807, 2.05) is 11.0 Å². The molecular formula is C15H14ClN5O2. The lowest BCUT2D eigenvalue weighted by molar-refractivity contribution is -0.115. The van der Waals surface area contributed by atoms with Crippen molar-refractivity contribution >= 4 is 40.6 Å². The highest BCUT2D eigenvalue weighted by molar-refractivity contribution is 6.31. The zero-order chi connectivity index (χ0) is 15.8. The Kier molecular flexibility index (Phi) is 3.51. The number of aliphatic imine (C=N–C) groups is 1. The van der Waals surface area contributed by atoms with Gasteiger partial charge in [-0.3, -0.25) is 10.1 Å². The predicted molar refractivity (Wildman–Crippen MR) is 87.1 cm³/mol. The van der Waals surface area contributed by atoms with Gasteiger partial charge < -0.3 is 14.6 Å². The third kappa shape index (κ3) is 2.69. The van der Waals surface area contributed by atoms with Crippen LogP contribution in [0.2, 0.25) is 5.02 Å². The summed E-state index contributed by atoms with van der Waals surface area (Å²) in [7, 11) is 0. The van der Waals surface area contributed by atoms with Gasteiger partial charge in [-0.1, -0.05) is 11.6 Å². The number of hydrogen-bond donors (Lipinski definition) is 2. The average Bonchev–Trinajstić information content (AvgIpc) is 3.13. The summed E-state index contributed by atoms with van der Waals surface area (Å²) in [5.41, 5.74) is 1.91. The van der Waals surface area contributed by atoms with Crippen molar-refractivity contribution in [2.75, 3.05) is 26.3 Å². The van der Waals surface area contributed by atoms with E-state index < -0.39 is 0 Å². The first-order chi connectivity index (χ1) is 11.2. The van der Waals surface area contributed by atoms with Gasteiger partial charge in [0.05, 0.1) is 18.2 Å². The number of fused-ring (bicyclic) bond motifs is 1. The van der Waals surface area contributed by atoms with Crippen LogP contribution in [-0.2, 0) is 9.53 Å². The standard InChI is InChI=1S/C15H14ClN5O2/c16-10-6-11-9(7-17-13(11)18-8-10)5-12-14(22)20-15(19-12)21-1-3-23-4-2-21/h5-8H,1-4H2,(H,17,18)(H,19,20,22)/b12-5-. The number of ether oxygens (including phenoxy) is 1. The summed E-state index contributed by atoms with van der Waals surface area (Å²) in [6.45, 7) is 2.72. The van der Waals surface area contributed by atoms with Gasteiger partial charge in [-0.2, -0.15) is 0 Å². The molecule has 7 nitrogen and oxygen atoms in total. The largest absolute Gasteiger partial charge is 0.378 e. The molecule has 2 aliphatic rings. The molecule has 0 radical (unpaired) electrons. The fraction of sp³-hybridized carbons (Fsp3) is 0.267. The molecule has 2 aromatic rings. The van der Waals surface area contributed by atoms with Gasteiger partial charge in [0.15, 0.2) is 0 Å². The Morgan fingerprint density at radius 1 is 1.35 bits per heavy atom. The molecule has 1 saturated heterocycles. The van der Waals surface area contributed by atoms with E-state index in [1.165, 1.54) is 0 Å². The second kappa shape index (κ2) is 5.68. The highest BCUT2D eigenvalue weighted by Crippen LogP contribution is 2.23. The second-order valence-electron chi connectivity index (χ2n) is 5.31. The lowest BCUT2D eigenvalue weighted by Crippen LogP contribution is -2.46. The molecule has 1 amide bonds. The number of carbonyl (C=O) groups excluding carboxylic acids is 1. The molecule has 0 aromatic carbocycles. The molecular weight excluding hydrogens is 318 g/mol. The molecule has 23 heavy (non-hydrogen) atoms. The number of halogens is 1. The molecule has 2 aromatic heterocycles. The highest BCUT2D eigenvalue weighted by atomic mass is 35.5. The SMILES string of the molecule is O=C1NC(N2CCOCC2)=N/C1=C\c1c[nH]c2ncc(Cl)cc12. The van der Waals surface area contributed by atoms with Crippen LogP contribution >= 0.6 is 11.6 Å². The number of H-pyrrole nitrogens is 1. The fourth-order valence-corrected chi connectivity index (χ4v) is 2.80. The lowest BCUT2D eigenvalue weighted by atomic mass is 10.2. The van der Waals surface area contributed by atoms with E-state index in [1.54, 1.807) is 18.5 Å². The third-order valence-corrected chi connectivity index (χ3v) is 4.02. The van der Waals surface area contributed by atoms with Crippen molar-refractivity contribution < 1.29 is 9.53 Å². The van der Waals surface area contributed by atoms with Crippen LogP contribution in [0.4, 0.5) is 0 Å². The van der Waals surface area contributed by atoms with Crippen molar-refractivity contribution in [3.8, 4) is 0 Å². The summed E-state index contributed by atoms with van der Waals surface area (Å²) < 4.78 is 5.31. The Bertz CT molecular complexity index is 836. The lowest BCUT2D eigenvalue weighted by Gasteiger charge is -2.27. The van der Waals surface area contributed by atoms with E-state index in [4.69, 9.17) is 16.3 Å². The topological polar surface area (TPSA) is 82.6 Å². The van der Waals surface area contributed by atoms with E-state index in [9.17, 15) is 4.79 Å². The number of hydrogen-bond acceptors (Lipinski definition) is 5. The van der Waals surface area contributed by atoms with Crippen molar-refractivity contribution in [2.45, 2.75) is 0 Å². The van der Waals surface area contributed by atoms with Gasteiger partial charge in [0.2, 0.25) is 5.96 Å². The van der Waals surface area contributed by atoms with Crippen molar-refractivity contribution in [3.05, 3.63) is 34.7 Å². The molecule has 0 bridgehead atoms. The Morgan fingerprint density at radius 2 is 2.17 bits per heavy atom. The molecule has 2 N–H and O–H groups in total. The Hall–Kier alpha value is -2.38. The molecule has 2 aliphatic heterocycles. The summed E-state index contributed by atoms with van der Waals surface area (Å²) in [5, 5.41) is 4.21. The van der Waals surface area contributed by atoms with E-state index >= 15 is 0 Å². The van der Waals surface area contributed by atoms with Gasteiger partial charge in [0.1, 0.15) is 11.3 Å². The molecule has 8 heteroatoms. The summed E-state index contributed by atoms with van der Waals surface area (Å²) in [5.74, 6) is 0.372. The van der Waals surface area contributed by atoms with Gasteiger partial charge in [-0.25, -0.2) is 9.98 Å². The number of pyridine rings is 1. The Morgan fingerprint density at radius 3 is 3.00 bits per heavy atom. The van der Waals surface area contributed by atoms with E-state index in [2.05, 4.69) is 20.3 Å². The first-order valence-electron chi connectivity index (χ1n) is 7.28. The van der Waals surface area contributed by atoms with Crippen molar-refractivity contribution in [2.24, 2.45) is 4.99 Å². The summed E-state index contributed by atoms with van der Waals surface area (Å²) in [6.07, 6.45) is 5.10. The molecule has 4 rings (SSSR count). The van der Waals surface area contributed by atoms with Crippen LogP contribution in [0.3, 0.4) is 0 Å². The highest BCUT2D eigenvalue weighted by Gasteiger charge is 2.25. The van der Waals surface area contributed by atoms with E-state index in [-0.39, 0.29) is 5.91 Å². The molecule has 0 aliphatic carbocycles. The van der Waals surface area contributed by atoms with Gasteiger partial charge in [0, 0.05) is 36.4 Å². The molecule has 1 fully saturated rings. The van der Waals surface area contributed by atoms with Crippen LogP contribution in [0, 0.1) is 0 Å². The number of morpholine rings is 1. The molecule has 0 saturated carbocycles. The minimum atomic E-state index is -0.212. The van der Waals surface area contributed by atoms with Crippen molar-refractivity contribution in [1.82, 2.24) is 20.2 Å². The first-order valence-corrected chi connectivity index (χ1v) is 7.65. The van der Waals surface area contributed by atoms with E-state index in [0.29, 0.717) is 29.9 Å². The zero-order valence-electron chi connectivity index (χ0n) is 12.2. The Balaban J connectivity index is 1.67. The van der Waals surface area contributed by atoms with E-state index in [0.717, 1.165) is 29.7 Å². The molecule has 4 heterocycles. The van der Waals surface area contributed by atoms with Crippen LogP contribution in [0.1, 0.15) is 5.56 Å². The van der Waals surface area contributed by atoms with Crippen LogP contribution in [0.25, 0.3) is 17.1 Å².